The molecule has 3 amide bonds. The molecule has 1 saturated heterocycles. The van der Waals surface area contributed by atoms with Gasteiger partial charge in [-0.05, 0) is 27.2 Å². The quantitative estimate of drug-likeness (QED) is 0.466. The Morgan fingerprint density at radius 2 is 1.67 bits per heavy atom. The summed E-state index contributed by atoms with van der Waals surface area (Å²) in [6.45, 7) is 17.8. The lowest BCUT2D eigenvalue weighted by atomic mass is 10.1. The van der Waals surface area contributed by atoms with E-state index in [-0.39, 0.29) is 12.3 Å². The standard InChI is InChI=1S/C9H14.C6H8N2O3.2C2H6/c1-5-9(4)7-6-8(2)3;9-3-7-4-1-2-5(10)8-6(4)11;2*1-2/h5-7H,1H2,2-4H3;3-4H,1-2H2,(H,7,9)(H,8,10,11);2*1-2H3/b9-7-;;;. The first-order valence-electron chi connectivity index (χ1n) is 8.38. The highest BCUT2D eigenvalue weighted by atomic mass is 16.2. The van der Waals surface area contributed by atoms with Crippen LogP contribution in [0.2, 0.25) is 0 Å². The molecule has 1 fully saturated rings. The van der Waals surface area contributed by atoms with E-state index in [0.717, 1.165) is 0 Å². The Labute approximate surface area is 147 Å². The summed E-state index contributed by atoms with van der Waals surface area (Å²) in [5, 5.41) is 4.42. The molecule has 1 heterocycles. The topological polar surface area (TPSA) is 75.3 Å². The minimum atomic E-state index is -0.537. The Morgan fingerprint density at radius 1 is 1.12 bits per heavy atom. The van der Waals surface area contributed by atoms with Crippen molar-refractivity contribution in [3.05, 3.63) is 36.0 Å². The van der Waals surface area contributed by atoms with Gasteiger partial charge in [-0.1, -0.05) is 63.6 Å². The fourth-order valence-corrected chi connectivity index (χ4v) is 1.30. The third-order valence-electron chi connectivity index (χ3n) is 2.51. The van der Waals surface area contributed by atoms with Crippen molar-refractivity contribution in [2.45, 2.75) is 67.3 Å². The second kappa shape index (κ2) is 18.9. The predicted octanol–water partition coefficient (Wildman–Crippen LogP) is 3.67. The lowest BCUT2D eigenvalue weighted by molar-refractivity contribution is -0.135. The minimum absolute atomic E-state index is 0.279. The largest absolute Gasteiger partial charge is 0.347 e. The van der Waals surface area contributed by atoms with Crippen LogP contribution in [0.25, 0.3) is 0 Å². The summed E-state index contributed by atoms with van der Waals surface area (Å²) in [6, 6.07) is -0.537. The van der Waals surface area contributed by atoms with Crippen LogP contribution in [0.5, 0.6) is 0 Å². The van der Waals surface area contributed by atoms with Crippen molar-refractivity contribution in [2.75, 3.05) is 0 Å². The molecular formula is C19H34N2O3. The van der Waals surface area contributed by atoms with Crippen molar-refractivity contribution >= 4 is 18.2 Å². The number of hydrogen-bond donors (Lipinski definition) is 2. The average molecular weight is 338 g/mol. The molecule has 0 aromatic carbocycles. The molecule has 1 aliphatic rings. The van der Waals surface area contributed by atoms with Gasteiger partial charge in [0, 0.05) is 6.42 Å². The molecule has 0 aromatic rings. The summed E-state index contributed by atoms with van der Waals surface area (Å²) < 4.78 is 0. The molecule has 1 unspecified atom stereocenters. The van der Waals surface area contributed by atoms with Crippen molar-refractivity contribution in [2.24, 2.45) is 0 Å². The molecule has 1 atom stereocenters. The van der Waals surface area contributed by atoms with Crippen LogP contribution >= 0.6 is 0 Å². The van der Waals surface area contributed by atoms with E-state index in [1.54, 1.807) is 0 Å². The van der Waals surface area contributed by atoms with E-state index >= 15 is 0 Å². The number of carbonyl (C=O) groups is 3. The molecule has 5 nitrogen and oxygen atoms in total. The maximum Gasteiger partial charge on any atom is 0.249 e. The molecular weight excluding hydrogens is 304 g/mol. The third kappa shape index (κ3) is 16.2. The molecule has 24 heavy (non-hydrogen) atoms. The Bertz CT molecular complexity index is 434. The van der Waals surface area contributed by atoms with Gasteiger partial charge in [-0.2, -0.15) is 0 Å². The summed E-state index contributed by atoms with van der Waals surface area (Å²) in [5.74, 6) is -0.702. The van der Waals surface area contributed by atoms with Crippen molar-refractivity contribution in [1.29, 1.82) is 0 Å². The Balaban J connectivity index is -0.000000309. The fraction of sp³-hybridized carbons (Fsp3) is 0.526. The molecule has 0 spiro atoms. The van der Waals surface area contributed by atoms with Crippen LogP contribution in [0.4, 0.5) is 0 Å². The van der Waals surface area contributed by atoms with E-state index < -0.39 is 11.9 Å². The minimum Gasteiger partial charge on any atom is -0.347 e. The van der Waals surface area contributed by atoms with E-state index in [2.05, 4.69) is 43.2 Å². The maximum atomic E-state index is 10.8. The molecule has 2 N–H and O–H groups in total. The Morgan fingerprint density at radius 3 is 2.04 bits per heavy atom. The van der Waals surface area contributed by atoms with Crippen molar-refractivity contribution in [3.63, 3.8) is 0 Å². The summed E-state index contributed by atoms with van der Waals surface area (Å²) in [4.78, 5) is 31.3. The second-order valence-corrected chi connectivity index (χ2v) is 4.65. The summed E-state index contributed by atoms with van der Waals surface area (Å²) >= 11 is 0. The van der Waals surface area contributed by atoms with Crippen molar-refractivity contribution in [3.8, 4) is 0 Å². The van der Waals surface area contributed by atoms with Crippen LogP contribution in [-0.2, 0) is 14.4 Å². The van der Waals surface area contributed by atoms with Gasteiger partial charge in [0.2, 0.25) is 18.2 Å². The van der Waals surface area contributed by atoms with E-state index in [0.29, 0.717) is 12.8 Å². The lowest BCUT2D eigenvalue weighted by Crippen LogP contribution is -2.50. The van der Waals surface area contributed by atoms with Gasteiger partial charge in [0.1, 0.15) is 6.04 Å². The van der Waals surface area contributed by atoms with E-state index in [9.17, 15) is 14.4 Å². The zero-order valence-corrected chi connectivity index (χ0v) is 16.2. The molecule has 0 radical (unpaired) electrons. The fourth-order valence-electron chi connectivity index (χ4n) is 1.30. The number of amides is 3. The highest BCUT2D eigenvalue weighted by Crippen LogP contribution is 2.02. The van der Waals surface area contributed by atoms with Gasteiger partial charge in [-0.3, -0.25) is 19.7 Å². The summed E-state index contributed by atoms with van der Waals surface area (Å²) in [6.07, 6.45) is 7.12. The van der Waals surface area contributed by atoms with Crippen molar-refractivity contribution < 1.29 is 14.4 Å². The highest BCUT2D eigenvalue weighted by Gasteiger charge is 2.25. The third-order valence-corrected chi connectivity index (χ3v) is 2.51. The maximum absolute atomic E-state index is 10.8. The number of imide groups is 1. The van der Waals surface area contributed by atoms with Gasteiger partial charge >= 0.3 is 0 Å². The number of rotatable bonds is 4. The molecule has 1 rings (SSSR count). The molecule has 0 aliphatic carbocycles. The Kier molecular flexibility index (Phi) is 21.0. The summed E-state index contributed by atoms with van der Waals surface area (Å²) in [5.41, 5.74) is 2.52. The van der Waals surface area contributed by atoms with Gasteiger partial charge in [-0.25, -0.2) is 0 Å². The van der Waals surface area contributed by atoms with Crippen LogP contribution in [0, 0.1) is 0 Å². The zero-order chi connectivity index (χ0) is 19.5. The lowest BCUT2D eigenvalue weighted by Gasteiger charge is -2.19. The smallest absolute Gasteiger partial charge is 0.249 e. The average Bonchev–Trinajstić information content (AvgIpc) is 2.59. The van der Waals surface area contributed by atoms with Gasteiger partial charge in [-0.15, -0.1) is 0 Å². The van der Waals surface area contributed by atoms with Gasteiger partial charge in [0.25, 0.3) is 0 Å². The second-order valence-electron chi connectivity index (χ2n) is 4.65. The first kappa shape index (κ1) is 26.7. The Hall–Kier alpha value is -2.17. The molecule has 1 aliphatic heterocycles. The van der Waals surface area contributed by atoms with E-state index in [1.807, 2.05) is 40.7 Å². The SMILES string of the molecule is C=C/C(C)=C\C=C(C)C.CC.CC.O=CNC1CCC(=O)NC1=O. The molecule has 0 aromatic heterocycles. The van der Waals surface area contributed by atoms with Crippen LogP contribution in [0.3, 0.4) is 0 Å². The van der Waals surface area contributed by atoms with Crippen molar-refractivity contribution in [1.82, 2.24) is 10.6 Å². The van der Waals surface area contributed by atoms with Gasteiger partial charge in [0.15, 0.2) is 0 Å². The van der Waals surface area contributed by atoms with Gasteiger partial charge < -0.3 is 5.32 Å². The first-order valence-corrected chi connectivity index (χ1v) is 8.38. The molecule has 138 valence electrons. The van der Waals surface area contributed by atoms with Crippen LogP contribution in [0.1, 0.15) is 61.3 Å². The number of allylic oxidation sites excluding steroid dienone is 5. The molecule has 0 saturated carbocycles. The van der Waals surface area contributed by atoms with E-state index in [1.165, 1.54) is 11.1 Å². The monoisotopic (exact) mass is 338 g/mol. The zero-order valence-electron chi connectivity index (χ0n) is 16.2. The predicted molar refractivity (Wildman–Crippen MR) is 101 cm³/mol. The van der Waals surface area contributed by atoms with Crippen LogP contribution < -0.4 is 10.6 Å². The molecule has 5 heteroatoms. The van der Waals surface area contributed by atoms with E-state index in [4.69, 9.17) is 0 Å². The van der Waals surface area contributed by atoms with Crippen LogP contribution in [-0.4, -0.2) is 24.3 Å². The van der Waals surface area contributed by atoms with Gasteiger partial charge in [0.05, 0.1) is 0 Å². The number of hydrogen-bond acceptors (Lipinski definition) is 3. The first-order chi connectivity index (χ1) is 11.4. The highest BCUT2D eigenvalue weighted by molar-refractivity contribution is 6.00. The van der Waals surface area contributed by atoms with Crippen LogP contribution in [0.15, 0.2) is 36.0 Å². The number of carbonyl (C=O) groups excluding carboxylic acids is 3. The molecule has 0 bridgehead atoms. The number of nitrogens with one attached hydrogen (secondary N) is 2. The normalized spacial score (nSPS) is 15.6. The summed E-state index contributed by atoms with van der Waals surface area (Å²) in [7, 11) is 0. The number of piperidine rings is 1.